The zero-order valence-electron chi connectivity index (χ0n) is 38.8. The molecule has 2 unspecified atom stereocenters. The van der Waals surface area contributed by atoms with Crippen LogP contribution in [0.2, 0.25) is 0 Å². The SMILES string of the molecule is C#CCOCCOCCOCCNc1nc(N2CCN(C(=O)[C@H](CCCCN)n3cc(C(N)CO)nn3)CC2)nc(N2CCN(C(=O)[C@H](CCC(=O)O)n3cc(C(N)CC(C)C)nn3)CC2)n1. The van der Waals surface area contributed by atoms with Crippen LogP contribution >= 0.6 is 0 Å². The van der Waals surface area contributed by atoms with Crippen LogP contribution in [0.5, 0.6) is 0 Å². The second-order valence-corrected chi connectivity index (χ2v) is 16.8. The van der Waals surface area contributed by atoms with Crippen molar-refractivity contribution in [3.05, 3.63) is 23.8 Å². The molecular weight excluding hydrogens is 871 g/mol. The van der Waals surface area contributed by atoms with Gasteiger partial charge in [0, 0.05) is 65.3 Å². The van der Waals surface area contributed by atoms with Gasteiger partial charge < -0.3 is 66.5 Å². The Bertz CT molecular complexity index is 2010. The van der Waals surface area contributed by atoms with Gasteiger partial charge in [0.25, 0.3) is 0 Å². The molecule has 2 amide bonds. The summed E-state index contributed by atoms with van der Waals surface area (Å²) in [6.45, 7) is 9.92. The largest absolute Gasteiger partial charge is 0.481 e. The molecule has 0 saturated carbocycles. The highest BCUT2D eigenvalue weighted by Crippen LogP contribution is 2.25. The number of carbonyl (C=O) groups is 3. The molecule has 5 rings (SSSR count). The van der Waals surface area contributed by atoms with E-state index >= 15 is 0 Å². The molecule has 2 aliphatic rings. The van der Waals surface area contributed by atoms with Gasteiger partial charge in [-0.2, -0.15) is 15.0 Å². The first kappa shape index (κ1) is 52.4. The molecule has 4 atom stereocenters. The number of aliphatic hydroxyl groups is 1. The maximum atomic E-state index is 14.1. The van der Waals surface area contributed by atoms with Crippen molar-refractivity contribution in [2.24, 2.45) is 23.1 Å². The highest BCUT2D eigenvalue weighted by Gasteiger charge is 2.34. The minimum absolute atomic E-state index is 0.0375. The van der Waals surface area contributed by atoms with Crippen LogP contribution in [0.15, 0.2) is 12.4 Å². The van der Waals surface area contributed by atoms with Crippen LogP contribution in [0.25, 0.3) is 0 Å². The summed E-state index contributed by atoms with van der Waals surface area (Å²) in [5.74, 6) is 2.51. The number of hydrogen-bond donors (Lipinski definition) is 6. The number of anilines is 3. The van der Waals surface area contributed by atoms with Crippen molar-refractivity contribution < 1.29 is 38.8 Å². The second-order valence-electron chi connectivity index (χ2n) is 16.8. The number of nitrogens with zero attached hydrogens (tertiary/aromatic N) is 13. The lowest BCUT2D eigenvalue weighted by Gasteiger charge is -2.38. The molecule has 67 heavy (non-hydrogen) atoms. The van der Waals surface area contributed by atoms with Gasteiger partial charge >= 0.3 is 5.97 Å². The maximum Gasteiger partial charge on any atom is 0.303 e. The van der Waals surface area contributed by atoms with E-state index in [0.29, 0.717) is 153 Å². The van der Waals surface area contributed by atoms with Crippen LogP contribution in [0.3, 0.4) is 0 Å². The summed E-state index contributed by atoms with van der Waals surface area (Å²) in [6.07, 6.45) is 10.9. The lowest BCUT2D eigenvalue weighted by molar-refractivity contribution is -0.139. The molecule has 2 fully saturated rings. The number of amides is 2. The fourth-order valence-electron chi connectivity index (χ4n) is 7.62. The number of carboxylic acid groups (broad SMARTS) is 1. The van der Waals surface area contributed by atoms with Gasteiger partial charge in [-0.1, -0.05) is 30.2 Å². The lowest BCUT2D eigenvalue weighted by Crippen LogP contribution is -2.52. The average Bonchev–Trinajstić information content (AvgIpc) is 4.03. The number of aliphatic hydroxyl groups excluding tert-OH is 1. The standard InChI is InChI=1S/C42H69N17O8/c1-4-20-65-22-24-67-25-23-66-21-11-46-40-47-41(56-16-12-54(13-17-56)38(63)35(7-5-6-10-43)58-28-34(51-53-58)32(45)29-60)49-42(48-40)57-18-14-55(15-19-57)39(64)36(8-9-37(61)62)59-27-33(50-52-59)31(44)26-30(2)3/h1,27-28,30-32,35-36,60H,5-26,29,43-45H2,2-3H3,(H,61,62)(H,46,47,48,49)/t31?,32?,35-,36-/m0/s1. The van der Waals surface area contributed by atoms with Crippen molar-refractivity contribution in [3.8, 4) is 12.3 Å². The number of carboxylic acids is 1. The number of aromatic nitrogens is 9. The summed E-state index contributed by atoms with van der Waals surface area (Å²) in [6, 6.07) is -2.57. The van der Waals surface area contributed by atoms with Gasteiger partial charge in [-0.3, -0.25) is 14.4 Å². The first-order valence-electron chi connectivity index (χ1n) is 23.0. The Balaban J connectivity index is 1.26. The Kier molecular flexibility index (Phi) is 21.3. The summed E-state index contributed by atoms with van der Waals surface area (Å²) < 4.78 is 19.4. The molecule has 0 radical (unpaired) electrons. The molecular formula is C42H69N17O8. The number of carbonyl (C=O) groups excluding carboxylic acids is 2. The normalized spacial score (nSPS) is 16.2. The first-order chi connectivity index (χ1) is 32.4. The number of terminal acetylenes is 1. The number of nitrogens with two attached hydrogens (primary N) is 3. The zero-order chi connectivity index (χ0) is 48.1. The highest BCUT2D eigenvalue weighted by atomic mass is 16.5. The molecule has 2 saturated heterocycles. The number of aliphatic carboxylic acids is 1. The van der Waals surface area contributed by atoms with Crippen molar-refractivity contribution in [2.75, 3.05) is 127 Å². The summed E-state index contributed by atoms with van der Waals surface area (Å²) in [5.41, 5.74) is 19.0. The van der Waals surface area contributed by atoms with Crippen molar-refractivity contribution in [3.63, 3.8) is 0 Å². The van der Waals surface area contributed by atoms with E-state index in [1.807, 2.05) is 9.80 Å². The summed E-state index contributed by atoms with van der Waals surface area (Å²) >= 11 is 0. The van der Waals surface area contributed by atoms with E-state index in [1.165, 1.54) is 9.36 Å². The van der Waals surface area contributed by atoms with Crippen molar-refractivity contribution >= 4 is 35.6 Å². The highest BCUT2D eigenvalue weighted by molar-refractivity contribution is 5.81. The van der Waals surface area contributed by atoms with E-state index in [-0.39, 0.29) is 43.9 Å². The molecule has 25 heteroatoms. The van der Waals surface area contributed by atoms with Gasteiger partial charge in [0.05, 0.1) is 69.8 Å². The topological polar surface area (TPSA) is 322 Å². The number of nitrogens with one attached hydrogen (secondary N) is 1. The van der Waals surface area contributed by atoms with E-state index in [1.54, 1.807) is 22.2 Å². The van der Waals surface area contributed by atoms with E-state index < -0.39 is 24.1 Å². The fourth-order valence-corrected chi connectivity index (χ4v) is 7.62. The molecule has 3 aromatic heterocycles. The van der Waals surface area contributed by atoms with Gasteiger partial charge in [-0.25, -0.2) is 9.36 Å². The van der Waals surface area contributed by atoms with Gasteiger partial charge in [0.1, 0.15) is 24.4 Å². The van der Waals surface area contributed by atoms with Gasteiger partial charge in [-0.05, 0) is 44.6 Å². The third-order valence-corrected chi connectivity index (χ3v) is 11.3. The van der Waals surface area contributed by atoms with E-state index in [0.717, 1.165) is 6.42 Å². The van der Waals surface area contributed by atoms with Gasteiger partial charge in [0.15, 0.2) is 0 Å². The molecule has 0 bridgehead atoms. The third-order valence-electron chi connectivity index (χ3n) is 11.3. The van der Waals surface area contributed by atoms with E-state index in [9.17, 15) is 24.6 Å². The Morgan fingerprint density at radius 1 is 0.761 bits per heavy atom. The summed E-state index contributed by atoms with van der Waals surface area (Å²) in [4.78, 5) is 61.7. The number of piperazine rings is 2. The average molecular weight is 940 g/mol. The van der Waals surface area contributed by atoms with Crippen molar-refractivity contribution in [1.82, 2.24) is 54.7 Å². The Morgan fingerprint density at radius 2 is 1.28 bits per heavy atom. The number of rotatable bonds is 29. The molecule has 0 aliphatic carbocycles. The minimum Gasteiger partial charge on any atom is -0.481 e. The van der Waals surface area contributed by atoms with Crippen LogP contribution in [0, 0.1) is 18.3 Å². The summed E-state index contributed by atoms with van der Waals surface area (Å²) in [5, 5.41) is 39.1. The molecule has 2 aliphatic heterocycles. The molecule has 370 valence electrons. The molecule has 9 N–H and O–H groups in total. The zero-order valence-corrected chi connectivity index (χ0v) is 38.8. The van der Waals surface area contributed by atoms with Gasteiger partial charge in [-0.15, -0.1) is 16.6 Å². The lowest BCUT2D eigenvalue weighted by atomic mass is 10.0. The smallest absolute Gasteiger partial charge is 0.303 e. The Morgan fingerprint density at radius 3 is 1.79 bits per heavy atom. The molecule has 0 aromatic carbocycles. The Labute approximate surface area is 391 Å². The molecule has 25 nitrogen and oxygen atoms in total. The first-order valence-corrected chi connectivity index (χ1v) is 23.0. The predicted octanol–water partition coefficient (Wildman–Crippen LogP) is -1.04. The number of unbranched alkanes of at least 4 members (excludes halogenated alkanes) is 1. The van der Waals surface area contributed by atoms with Crippen molar-refractivity contribution in [2.45, 2.75) is 76.5 Å². The molecule has 5 heterocycles. The van der Waals surface area contributed by atoms with Crippen LogP contribution in [0.1, 0.15) is 87.9 Å². The molecule has 3 aromatic rings. The molecule has 0 spiro atoms. The van der Waals surface area contributed by atoms with E-state index in [4.69, 9.17) is 52.8 Å². The monoisotopic (exact) mass is 940 g/mol. The van der Waals surface area contributed by atoms with Crippen LogP contribution in [-0.2, 0) is 28.6 Å². The third kappa shape index (κ3) is 16.0. The quantitative estimate of drug-likeness (QED) is 0.0358. The van der Waals surface area contributed by atoms with Crippen LogP contribution in [-0.4, -0.2) is 194 Å². The van der Waals surface area contributed by atoms with Crippen molar-refractivity contribution in [1.29, 1.82) is 0 Å². The number of hydrogen-bond acceptors (Lipinski definition) is 20. The van der Waals surface area contributed by atoms with E-state index in [2.05, 4.69) is 45.7 Å². The number of ether oxygens (including phenoxy) is 3. The van der Waals surface area contributed by atoms with Gasteiger partial charge in [0.2, 0.25) is 29.7 Å². The Hall–Kier alpha value is -5.62. The fraction of sp³-hybridized carbons (Fsp3) is 0.714. The maximum absolute atomic E-state index is 14.1. The predicted molar refractivity (Wildman–Crippen MR) is 245 cm³/mol. The minimum atomic E-state index is -1.02. The van der Waals surface area contributed by atoms with Crippen LogP contribution < -0.4 is 32.3 Å². The second kappa shape index (κ2) is 27.3. The summed E-state index contributed by atoms with van der Waals surface area (Å²) in [7, 11) is 0. The van der Waals surface area contributed by atoms with Crippen LogP contribution in [0.4, 0.5) is 17.8 Å².